The lowest BCUT2D eigenvalue weighted by atomic mass is 9.72. The maximum Gasteiger partial charge on any atom is 0.268 e. The Morgan fingerprint density at radius 3 is 2.44 bits per heavy atom. The highest BCUT2D eigenvalue weighted by molar-refractivity contribution is 7.90. The number of amides is 1. The molecule has 2 aliphatic rings. The molecule has 4 heterocycles. The number of sulfonamides is 1. The number of carbonyl (C=O) groups is 1. The Labute approximate surface area is 354 Å². The molecule has 1 saturated heterocycles. The second kappa shape index (κ2) is 17.5. The Morgan fingerprint density at radius 1 is 0.983 bits per heavy atom. The molecule has 13 nitrogen and oxygen atoms in total. The van der Waals surface area contributed by atoms with E-state index in [0.717, 1.165) is 80.3 Å². The van der Waals surface area contributed by atoms with Crippen molar-refractivity contribution >= 4 is 61.4 Å². The van der Waals surface area contributed by atoms with Gasteiger partial charge < -0.3 is 29.6 Å². The van der Waals surface area contributed by atoms with Gasteiger partial charge in [0.1, 0.15) is 27.1 Å². The molecule has 1 aliphatic carbocycles. The van der Waals surface area contributed by atoms with Gasteiger partial charge in [-0.1, -0.05) is 61.7 Å². The fourth-order valence-corrected chi connectivity index (χ4v) is 8.61. The van der Waals surface area contributed by atoms with Crippen molar-refractivity contribution in [3.05, 3.63) is 106 Å². The molecule has 7 rings (SSSR count). The van der Waals surface area contributed by atoms with Gasteiger partial charge in [-0.2, -0.15) is 0 Å². The summed E-state index contributed by atoms with van der Waals surface area (Å²) in [5, 5.41) is 20.5. The molecule has 59 heavy (non-hydrogen) atoms. The molecule has 3 aromatic heterocycles. The van der Waals surface area contributed by atoms with E-state index in [2.05, 4.69) is 55.5 Å². The number of halogens is 2. The number of benzene rings is 2. The molecule has 0 unspecified atom stereocenters. The number of rotatable bonds is 14. The highest BCUT2D eigenvalue weighted by atomic mass is 35.5. The monoisotopic (exact) mass is 862 g/mol. The predicted octanol–water partition coefficient (Wildman–Crippen LogP) is 7.33. The highest BCUT2D eigenvalue weighted by Gasteiger charge is 2.30. The third-order valence-corrected chi connectivity index (χ3v) is 12.8. The minimum absolute atomic E-state index is 0.0154. The fourth-order valence-electron chi connectivity index (χ4n) is 7.26. The average molecular weight is 864 g/mol. The number of hydrogen-bond donors (Lipinski definition) is 4. The molecule has 312 valence electrons. The van der Waals surface area contributed by atoms with Gasteiger partial charge in [0.2, 0.25) is 5.88 Å². The van der Waals surface area contributed by atoms with Crippen molar-refractivity contribution in [2.45, 2.75) is 44.9 Å². The zero-order valence-corrected chi connectivity index (χ0v) is 35.5. The number of carbonyl (C=O) groups excluding carboxylic acids is 1. The van der Waals surface area contributed by atoms with Crippen LogP contribution in [-0.2, 0) is 10.0 Å². The smallest absolute Gasteiger partial charge is 0.268 e. The molecule has 0 spiro atoms. The molecule has 4 N–H and O–H groups in total. The number of aromatic nitrogens is 3. The molecule has 1 aliphatic heterocycles. The summed E-state index contributed by atoms with van der Waals surface area (Å²) in [7, 11) is -4.47. The summed E-state index contributed by atoms with van der Waals surface area (Å²) in [6.45, 7) is 9.44. The van der Waals surface area contributed by atoms with E-state index >= 15 is 0 Å². The maximum atomic E-state index is 13.8. The average Bonchev–Trinajstić information content (AvgIpc) is 3.69. The van der Waals surface area contributed by atoms with E-state index in [4.69, 9.17) is 32.7 Å². The Kier molecular flexibility index (Phi) is 12.6. The van der Waals surface area contributed by atoms with Gasteiger partial charge >= 0.3 is 0 Å². The van der Waals surface area contributed by atoms with Crippen molar-refractivity contribution in [3.63, 3.8) is 0 Å². The van der Waals surface area contributed by atoms with Gasteiger partial charge in [0, 0.05) is 66.5 Å². The van der Waals surface area contributed by atoms with Crippen LogP contribution in [0, 0.1) is 10.8 Å². The van der Waals surface area contributed by atoms with Gasteiger partial charge in [0.25, 0.3) is 15.9 Å². The van der Waals surface area contributed by atoms with Crippen LogP contribution < -0.4 is 19.1 Å². The Hall–Kier alpha value is -4.70. The number of hydrogen-bond acceptors (Lipinski definition) is 11. The Balaban J connectivity index is 1.09. The molecular formula is C43H48Cl2N6O7S. The first-order valence-corrected chi connectivity index (χ1v) is 21.6. The SMILES string of the molecule is CC1(C)CCC(CN2CCN(c3ccc(C(=O)NS(=O)(=O)c4cnc(OCC(C)(CO)CO)c(Cl)c4)c(Oc4cnc5[nH]ccc5c4)c3)CC2)=C(c2ccc(Cl)cc2)C1. The summed E-state index contributed by atoms with van der Waals surface area (Å²) in [4.78, 5) is 29.6. The number of nitrogens with one attached hydrogen (secondary N) is 2. The van der Waals surface area contributed by atoms with Crippen LogP contribution in [0.4, 0.5) is 5.69 Å². The van der Waals surface area contributed by atoms with Crippen molar-refractivity contribution in [2.24, 2.45) is 10.8 Å². The molecule has 0 radical (unpaired) electrons. The van der Waals surface area contributed by atoms with Crippen LogP contribution >= 0.6 is 23.2 Å². The van der Waals surface area contributed by atoms with E-state index in [1.807, 2.05) is 18.2 Å². The molecule has 16 heteroatoms. The van der Waals surface area contributed by atoms with E-state index in [1.165, 1.54) is 22.9 Å². The summed E-state index contributed by atoms with van der Waals surface area (Å²) < 4.78 is 41.0. The number of fused-ring (bicyclic) bond motifs is 1. The number of ether oxygens (including phenoxy) is 2. The lowest BCUT2D eigenvalue weighted by molar-refractivity contribution is 0.0273. The largest absolute Gasteiger partial charge is 0.476 e. The standard InChI is InChI=1S/C43H48Cl2N6O7S/c1-42(2)12-10-30(36(21-42)28-4-6-31(44)7-5-28)24-50-14-16-51(17-15-50)32-8-9-35(38(19-32)58-33-18-29-11-13-46-39(29)47-22-33)40(54)49-59(55,56)34-20-37(45)41(48-23-34)57-27-43(3,25-52)26-53/h4-9,11,13,18-20,22-23,52-53H,10,12,14-17,21,24-27H2,1-3H3,(H,46,47)(H,49,54). The van der Waals surface area contributed by atoms with Crippen molar-refractivity contribution in [3.8, 4) is 17.4 Å². The topological polar surface area (TPSA) is 170 Å². The third kappa shape index (κ3) is 10.0. The molecule has 1 fully saturated rings. The van der Waals surface area contributed by atoms with Gasteiger partial charge in [0.05, 0.1) is 37.8 Å². The molecule has 2 aromatic carbocycles. The van der Waals surface area contributed by atoms with Crippen molar-refractivity contribution in [2.75, 3.05) is 57.4 Å². The second-order valence-electron chi connectivity index (χ2n) is 16.4. The number of piperazine rings is 1. The fraction of sp³-hybridized carbons (Fsp3) is 0.372. The van der Waals surface area contributed by atoms with Gasteiger partial charge in [0.15, 0.2) is 0 Å². The number of aliphatic hydroxyl groups is 2. The molecule has 0 atom stereocenters. The normalized spacial score (nSPS) is 16.4. The molecular weight excluding hydrogens is 815 g/mol. The first-order valence-electron chi connectivity index (χ1n) is 19.4. The van der Waals surface area contributed by atoms with Gasteiger partial charge in [-0.25, -0.2) is 23.1 Å². The van der Waals surface area contributed by atoms with E-state index < -0.39 is 21.3 Å². The number of H-pyrrole nitrogens is 1. The zero-order chi connectivity index (χ0) is 42.0. The van der Waals surface area contributed by atoms with E-state index in [-0.39, 0.29) is 52.3 Å². The van der Waals surface area contributed by atoms with Crippen LogP contribution in [0.25, 0.3) is 16.6 Å². The summed E-state index contributed by atoms with van der Waals surface area (Å²) in [5.41, 5.74) is 4.85. The third-order valence-electron chi connectivity index (χ3n) is 11.0. The number of aromatic amines is 1. The number of aliphatic hydroxyl groups excluding tert-OH is 2. The van der Waals surface area contributed by atoms with Gasteiger partial charge in [-0.05, 0) is 78.3 Å². The highest BCUT2D eigenvalue weighted by Crippen LogP contribution is 2.43. The quantitative estimate of drug-likeness (QED) is 0.0882. The van der Waals surface area contributed by atoms with Crippen LogP contribution in [-0.4, -0.2) is 96.9 Å². The predicted molar refractivity (Wildman–Crippen MR) is 229 cm³/mol. The van der Waals surface area contributed by atoms with Crippen molar-refractivity contribution in [1.29, 1.82) is 0 Å². The first-order chi connectivity index (χ1) is 28.1. The minimum Gasteiger partial charge on any atom is -0.476 e. The Morgan fingerprint density at radius 2 is 1.73 bits per heavy atom. The summed E-state index contributed by atoms with van der Waals surface area (Å²) in [6, 6.07) is 18.0. The van der Waals surface area contributed by atoms with Gasteiger partial charge in [-0.3, -0.25) is 9.69 Å². The number of anilines is 1. The van der Waals surface area contributed by atoms with Crippen LogP contribution in [0.5, 0.6) is 17.4 Å². The van der Waals surface area contributed by atoms with Crippen molar-refractivity contribution in [1.82, 2.24) is 24.6 Å². The van der Waals surface area contributed by atoms with Crippen LogP contribution in [0.15, 0.2) is 89.7 Å². The lowest BCUT2D eigenvalue weighted by Gasteiger charge is -2.39. The Bertz CT molecular complexity index is 2460. The number of pyridine rings is 2. The number of nitrogens with zero attached hydrogens (tertiary/aromatic N) is 4. The van der Waals surface area contributed by atoms with E-state index in [1.54, 1.807) is 37.4 Å². The first kappa shape index (κ1) is 42.4. The molecule has 5 aromatic rings. The van der Waals surface area contributed by atoms with E-state index in [0.29, 0.717) is 11.4 Å². The second-order valence-corrected chi connectivity index (χ2v) is 18.9. The molecule has 0 saturated carbocycles. The lowest BCUT2D eigenvalue weighted by Crippen LogP contribution is -2.47. The maximum absolute atomic E-state index is 13.8. The molecule has 0 bridgehead atoms. The van der Waals surface area contributed by atoms with Crippen LogP contribution in [0.2, 0.25) is 10.0 Å². The number of allylic oxidation sites excluding steroid dienone is 1. The molecule has 1 amide bonds. The summed E-state index contributed by atoms with van der Waals surface area (Å²) in [6.07, 6.45) is 7.51. The summed E-state index contributed by atoms with van der Waals surface area (Å²) >= 11 is 12.5. The van der Waals surface area contributed by atoms with Crippen LogP contribution in [0.1, 0.15) is 56.0 Å². The summed E-state index contributed by atoms with van der Waals surface area (Å²) in [5.74, 6) is -0.511. The van der Waals surface area contributed by atoms with Crippen molar-refractivity contribution < 1.29 is 32.9 Å². The minimum atomic E-state index is -4.47. The van der Waals surface area contributed by atoms with E-state index in [9.17, 15) is 23.4 Å². The van der Waals surface area contributed by atoms with Crippen LogP contribution in [0.3, 0.4) is 0 Å². The zero-order valence-electron chi connectivity index (χ0n) is 33.2. The van der Waals surface area contributed by atoms with Gasteiger partial charge in [-0.15, -0.1) is 0 Å².